The molecule has 2 aromatic carbocycles. The van der Waals surface area contributed by atoms with Crippen molar-refractivity contribution in [3.63, 3.8) is 0 Å². The van der Waals surface area contributed by atoms with E-state index in [1.54, 1.807) is 0 Å². The van der Waals surface area contributed by atoms with E-state index in [1.165, 1.54) is 17.5 Å². The Morgan fingerprint density at radius 2 is 1.55 bits per heavy atom. The molecule has 1 unspecified atom stereocenters. The molecule has 0 amide bonds. The third-order valence-electron chi connectivity index (χ3n) is 4.76. The monoisotopic (exact) mass is 263 g/mol. The normalized spacial score (nSPS) is 24.2. The van der Waals surface area contributed by atoms with Crippen molar-refractivity contribution in [2.24, 2.45) is 0 Å². The lowest BCUT2D eigenvalue weighted by atomic mass is 9.74. The van der Waals surface area contributed by atoms with Gasteiger partial charge in [0.05, 0.1) is 0 Å². The number of rotatable bonds is 2. The third kappa shape index (κ3) is 1.54. The maximum absolute atomic E-state index is 6.53. The Kier molecular flexibility index (Phi) is 2.72. The zero-order valence-electron chi connectivity index (χ0n) is 11.7. The molecule has 0 aliphatic carbocycles. The van der Waals surface area contributed by atoms with E-state index in [0.29, 0.717) is 6.04 Å². The molecule has 2 fully saturated rings. The molecule has 0 saturated carbocycles. The van der Waals surface area contributed by atoms with Gasteiger partial charge in [-0.25, -0.2) is 0 Å². The van der Waals surface area contributed by atoms with E-state index in [0.717, 1.165) is 6.54 Å². The molecule has 2 aliphatic rings. The zero-order valence-corrected chi connectivity index (χ0v) is 11.7. The predicted octanol–water partition coefficient (Wildman–Crippen LogP) is 3.15. The summed E-state index contributed by atoms with van der Waals surface area (Å²) in [5.41, 5.74) is 2.23. The molecule has 2 nitrogen and oxygen atoms in total. The number of benzene rings is 2. The minimum absolute atomic E-state index is 0.189. The van der Waals surface area contributed by atoms with Crippen LogP contribution >= 0.6 is 0 Å². The van der Waals surface area contributed by atoms with Crippen LogP contribution in [0.2, 0.25) is 6.82 Å². The highest BCUT2D eigenvalue weighted by molar-refractivity contribution is 6.48. The van der Waals surface area contributed by atoms with Gasteiger partial charge in [0.15, 0.2) is 0 Å². The zero-order chi connectivity index (χ0) is 13.6. The molecule has 0 aromatic heterocycles. The van der Waals surface area contributed by atoms with E-state index < -0.39 is 0 Å². The van der Waals surface area contributed by atoms with Crippen LogP contribution in [0, 0.1) is 0 Å². The average Bonchev–Trinajstić information content (AvgIpc) is 2.67. The van der Waals surface area contributed by atoms with E-state index >= 15 is 0 Å². The summed E-state index contributed by atoms with van der Waals surface area (Å²) in [4.78, 5) is 2.47. The minimum atomic E-state index is -0.305. The van der Waals surface area contributed by atoms with Gasteiger partial charge in [-0.15, -0.1) is 0 Å². The highest BCUT2D eigenvalue weighted by atomic mass is 16.5. The standard InChI is InChI=1S/C17H18BNO/c1-18-19-13-12-16(19)17(20-18,14-8-4-2-5-9-14)15-10-6-3-7-11-15/h2-11,16H,12-13H2,1H3. The summed E-state index contributed by atoms with van der Waals surface area (Å²) in [6.07, 6.45) is 1.20. The van der Waals surface area contributed by atoms with Crippen molar-refractivity contribution in [2.45, 2.75) is 24.9 Å². The van der Waals surface area contributed by atoms with Crippen molar-refractivity contribution in [3.8, 4) is 0 Å². The molecule has 2 saturated heterocycles. The van der Waals surface area contributed by atoms with Gasteiger partial charge in [-0.1, -0.05) is 60.7 Å². The van der Waals surface area contributed by atoms with Crippen LogP contribution in [0.4, 0.5) is 0 Å². The first-order valence-electron chi connectivity index (χ1n) is 7.37. The summed E-state index contributed by atoms with van der Waals surface area (Å²) in [6.45, 7) is 3.31. The lowest BCUT2D eigenvalue weighted by Gasteiger charge is -2.44. The van der Waals surface area contributed by atoms with Crippen LogP contribution in [0.1, 0.15) is 17.5 Å². The molecule has 4 rings (SSSR count). The molecule has 0 N–H and O–H groups in total. The predicted molar refractivity (Wildman–Crippen MR) is 81.5 cm³/mol. The Bertz CT molecular complexity index is 561. The molecular weight excluding hydrogens is 245 g/mol. The quantitative estimate of drug-likeness (QED) is 0.772. The van der Waals surface area contributed by atoms with Gasteiger partial charge in [0.25, 0.3) is 0 Å². The summed E-state index contributed by atoms with van der Waals surface area (Å²) < 4.78 is 6.53. The SMILES string of the molecule is CB1OC(c2ccccc2)(c2ccccc2)C2CCN12. The van der Waals surface area contributed by atoms with Crippen LogP contribution in [0.25, 0.3) is 0 Å². The van der Waals surface area contributed by atoms with Crippen molar-refractivity contribution in [3.05, 3.63) is 71.8 Å². The Morgan fingerprint density at radius 1 is 1.00 bits per heavy atom. The lowest BCUT2D eigenvalue weighted by Crippen LogP contribution is -2.54. The van der Waals surface area contributed by atoms with Crippen molar-refractivity contribution in [1.82, 2.24) is 4.81 Å². The van der Waals surface area contributed by atoms with Crippen LogP contribution in [-0.4, -0.2) is 24.4 Å². The van der Waals surface area contributed by atoms with Gasteiger partial charge >= 0.3 is 7.05 Å². The van der Waals surface area contributed by atoms with Gasteiger partial charge < -0.3 is 9.47 Å². The first-order chi connectivity index (χ1) is 9.82. The highest BCUT2D eigenvalue weighted by Gasteiger charge is 2.58. The second kappa shape index (κ2) is 4.47. The Balaban J connectivity index is 1.91. The van der Waals surface area contributed by atoms with Gasteiger partial charge in [0.1, 0.15) is 5.60 Å². The molecule has 2 aliphatic heterocycles. The second-order valence-electron chi connectivity index (χ2n) is 5.73. The molecule has 0 spiro atoms. The Hall–Kier alpha value is -1.58. The van der Waals surface area contributed by atoms with E-state index in [-0.39, 0.29) is 12.7 Å². The third-order valence-corrected chi connectivity index (χ3v) is 4.76. The molecule has 100 valence electrons. The number of hydrogen-bond acceptors (Lipinski definition) is 2. The topological polar surface area (TPSA) is 12.5 Å². The van der Waals surface area contributed by atoms with Gasteiger partial charge in [-0.2, -0.15) is 0 Å². The lowest BCUT2D eigenvalue weighted by molar-refractivity contribution is 0.0593. The molecule has 0 bridgehead atoms. The molecule has 3 heteroatoms. The summed E-state index contributed by atoms with van der Waals surface area (Å²) in [6, 6.07) is 21.8. The smallest absolute Gasteiger partial charge is 0.380 e. The Labute approximate surface area is 120 Å². The number of hydrogen-bond donors (Lipinski definition) is 0. The van der Waals surface area contributed by atoms with E-state index in [4.69, 9.17) is 4.65 Å². The van der Waals surface area contributed by atoms with Crippen LogP contribution < -0.4 is 0 Å². The van der Waals surface area contributed by atoms with E-state index in [9.17, 15) is 0 Å². The van der Waals surface area contributed by atoms with Gasteiger partial charge in [0, 0.05) is 6.04 Å². The summed E-state index contributed by atoms with van der Waals surface area (Å²) in [5, 5.41) is 0. The van der Waals surface area contributed by atoms with E-state index in [2.05, 4.69) is 72.3 Å². The van der Waals surface area contributed by atoms with Crippen LogP contribution in [0.15, 0.2) is 60.7 Å². The second-order valence-corrected chi connectivity index (χ2v) is 5.73. The first-order valence-corrected chi connectivity index (χ1v) is 7.37. The molecule has 0 radical (unpaired) electrons. The van der Waals surface area contributed by atoms with Crippen LogP contribution in [0.3, 0.4) is 0 Å². The molecular formula is C17H18BNO. The first kappa shape index (κ1) is 12.2. The highest BCUT2D eigenvalue weighted by Crippen LogP contribution is 2.49. The minimum Gasteiger partial charge on any atom is -0.406 e. The van der Waals surface area contributed by atoms with Crippen molar-refractivity contribution < 1.29 is 4.65 Å². The van der Waals surface area contributed by atoms with Crippen LogP contribution in [-0.2, 0) is 10.3 Å². The largest absolute Gasteiger partial charge is 0.406 e. The molecule has 1 atom stereocenters. The number of nitrogens with zero attached hydrogens (tertiary/aromatic N) is 1. The fourth-order valence-corrected chi connectivity index (χ4v) is 3.75. The van der Waals surface area contributed by atoms with E-state index in [1.807, 2.05) is 0 Å². The maximum Gasteiger partial charge on any atom is 0.380 e. The summed E-state index contributed by atoms with van der Waals surface area (Å²) in [5.74, 6) is 0. The fourth-order valence-electron chi connectivity index (χ4n) is 3.75. The summed E-state index contributed by atoms with van der Waals surface area (Å²) in [7, 11) is 0.189. The van der Waals surface area contributed by atoms with Gasteiger partial charge in [-0.3, -0.25) is 0 Å². The Morgan fingerprint density at radius 3 is 1.95 bits per heavy atom. The fraction of sp³-hybridized carbons (Fsp3) is 0.294. The number of fused-ring (bicyclic) bond motifs is 1. The molecule has 2 aromatic rings. The van der Waals surface area contributed by atoms with Crippen molar-refractivity contribution in [1.29, 1.82) is 0 Å². The average molecular weight is 263 g/mol. The summed E-state index contributed by atoms with van der Waals surface area (Å²) >= 11 is 0. The van der Waals surface area contributed by atoms with Gasteiger partial charge in [0.2, 0.25) is 0 Å². The maximum atomic E-state index is 6.53. The van der Waals surface area contributed by atoms with Crippen LogP contribution in [0.5, 0.6) is 0 Å². The van der Waals surface area contributed by atoms with Crippen molar-refractivity contribution in [2.75, 3.05) is 6.54 Å². The van der Waals surface area contributed by atoms with Crippen molar-refractivity contribution >= 4 is 7.05 Å². The molecule has 2 heterocycles. The van der Waals surface area contributed by atoms with Gasteiger partial charge in [-0.05, 0) is 30.9 Å². The molecule has 20 heavy (non-hydrogen) atoms.